The Bertz CT molecular complexity index is 846. The lowest BCUT2D eigenvalue weighted by molar-refractivity contribution is -0.137. The lowest BCUT2D eigenvalue weighted by Gasteiger charge is -2.19. The van der Waals surface area contributed by atoms with Gasteiger partial charge in [0.2, 0.25) is 0 Å². The predicted molar refractivity (Wildman–Crippen MR) is 97.1 cm³/mol. The van der Waals surface area contributed by atoms with Gasteiger partial charge in [-0.25, -0.2) is 9.97 Å². The molecular weight excluding hydrogens is 355 g/mol. The topological polar surface area (TPSA) is 60.0 Å². The van der Waals surface area contributed by atoms with E-state index in [-0.39, 0.29) is 5.92 Å². The molecule has 27 heavy (non-hydrogen) atoms. The van der Waals surface area contributed by atoms with Crippen LogP contribution in [0.4, 0.5) is 19.0 Å². The second-order valence-corrected chi connectivity index (χ2v) is 7.87. The van der Waals surface area contributed by atoms with Crippen molar-refractivity contribution in [2.75, 3.05) is 25.4 Å². The summed E-state index contributed by atoms with van der Waals surface area (Å²) in [5, 5.41) is 0. The maximum atomic E-state index is 13.2. The summed E-state index contributed by atoms with van der Waals surface area (Å²) in [6.07, 6.45) is -1.27. The van der Waals surface area contributed by atoms with Gasteiger partial charge in [0.1, 0.15) is 11.6 Å². The number of anilines is 1. The van der Waals surface area contributed by atoms with Gasteiger partial charge in [-0.3, -0.25) is 0 Å². The number of hydrogen-bond acceptors (Lipinski definition) is 4. The van der Waals surface area contributed by atoms with E-state index in [2.05, 4.69) is 40.2 Å². The number of fused-ring (bicyclic) bond motifs is 1. The number of aromatic nitrogens is 3. The Morgan fingerprint density at radius 1 is 1.26 bits per heavy atom. The minimum Gasteiger partial charge on any atom is -0.383 e. The molecule has 0 unspecified atom stereocenters. The highest BCUT2D eigenvalue weighted by molar-refractivity contribution is 5.62. The minimum absolute atomic E-state index is 0.186. The fraction of sp³-hybridized carbons (Fsp3) is 0.579. The van der Waals surface area contributed by atoms with E-state index in [1.165, 1.54) is 6.20 Å². The van der Waals surface area contributed by atoms with Crippen LogP contribution in [0, 0.1) is 11.8 Å². The summed E-state index contributed by atoms with van der Waals surface area (Å²) in [6, 6.07) is 1.45. The van der Waals surface area contributed by atoms with Crippen LogP contribution < -0.4 is 5.73 Å². The van der Waals surface area contributed by atoms with Crippen molar-refractivity contribution in [2.45, 2.75) is 38.9 Å². The highest BCUT2D eigenvalue weighted by atomic mass is 19.4. The van der Waals surface area contributed by atoms with Crippen LogP contribution in [0.2, 0.25) is 0 Å². The summed E-state index contributed by atoms with van der Waals surface area (Å²) in [7, 11) is 0. The molecule has 0 bridgehead atoms. The summed E-state index contributed by atoms with van der Waals surface area (Å²) < 4.78 is 41.7. The number of rotatable bonds is 4. The van der Waals surface area contributed by atoms with Crippen LogP contribution in [0.15, 0.2) is 18.5 Å². The molecule has 2 N–H and O–H groups in total. The summed E-state index contributed by atoms with van der Waals surface area (Å²) >= 11 is 0. The Morgan fingerprint density at radius 3 is 2.48 bits per heavy atom. The quantitative estimate of drug-likeness (QED) is 0.878. The van der Waals surface area contributed by atoms with Gasteiger partial charge in [-0.15, -0.1) is 0 Å². The van der Waals surface area contributed by atoms with Crippen LogP contribution in [0.1, 0.15) is 44.1 Å². The maximum Gasteiger partial charge on any atom is 0.419 e. The third-order valence-electron chi connectivity index (χ3n) is 5.79. The zero-order valence-electron chi connectivity index (χ0n) is 15.7. The van der Waals surface area contributed by atoms with Crippen molar-refractivity contribution in [3.8, 4) is 11.3 Å². The largest absolute Gasteiger partial charge is 0.419 e. The number of alkyl halides is 3. The van der Waals surface area contributed by atoms with Crippen LogP contribution in [-0.2, 0) is 6.18 Å². The van der Waals surface area contributed by atoms with Crippen LogP contribution in [0.3, 0.4) is 0 Å². The fourth-order valence-electron chi connectivity index (χ4n) is 4.31. The van der Waals surface area contributed by atoms with Gasteiger partial charge in [0, 0.05) is 43.0 Å². The molecule has 8 heteroatoms. The van der Waals surface area contributed by atoms with Gasteiger partial charge in [-0.2, -0.15) is 13.2 Å². The van der Waals surface area contributed by atoms with Gasteiger partial charge in [0.25, 0.3) is 0 Å². The predicted octanol–water partition coefficient (Wildman–Crippen LogP) is 3.79. The average molecular weight is 379 g/mol. The van der Waals surface area contributed by atoms with Crippen molar-refractivity contribution in [3.63, 3.8) is 0 Å². The molecular formula is C19H24F3N5. The van der Waals surface area contributed by atoms with E-state index in [9.17, 15) is 13.2 Å². The normalized spacial score (nSPS) is 25.2. The standard InChI is InChI=1S/C19H24F3N5/c1-4-26-7-12-13(8-26)16(12)27-9-15(25-18(27)10(2)3)11-5-14(19(20,21)22)17(23)24-6-11/h5-6,9-10,12-13,16H,4,7-8H2,1-3H3,(H2,23,24)/t12-,13+,16+. The smallest absolute Gasteiger partial charge is 0.383 e. The highest BCUT2D eigenvalue weighted by Gasteiger charge is 2.57. The Kier molecular flexibility index (Phi) is 4.21. The molecule has 0 spiro atoms. The van der Waals surface area contributed by atoms with E-state index >= 15 is 0 Å². The number of halogens is 3. The summed E-state index contributed by atoms with van der Waals surface area (Å²) in [6.45, 7) is 9.50. The molecule has 5 nitrogen and oxygen atoms in total. The number of piperidine rings is 1. The van der Waals surface area contributed by atoms with E-state index in [0.29, 0.717) is 29.1 Å². The zero-order valence-corrected chi connectivity index (χ0v) is 15.7. The Morgan fingerprint density at radius 2 is 1.93 bits per heavy atom. The molecule has 1 aliphatic carbocycles. The van der Waals surface area contributed by atoms with E-state index in [0.717, 1.165) is 31.5 Å². The molecule has 2 aromatic rings. The van der Waals surface area contributed by atoms with Crippen molar-refractivity contribution < 1.29 is 13.2 Å². The monoisotopic (exact) mass is 379 g/mol. The Balaban J connectivity index is 1.68. The molecule has 2 fully saturated rings. The fourth-order valence-corrected chi connectivity index (χ4v) is 4.31. The van der Waals surface area contributed by atoms with E-state index < -0.39 is 17.6 Å². The van der Waals surface area contributed by atoms with Crippen LogP contribution in [-0.4, -0.2) is 39.1 Å². The van der Waals surface area contributed by atoms with Gasteiger partial charge < -0.3 is 15.2 Å². The number of likely N-dealkylation sites (tertiary alicyclic amines) is 1. The number of pyridine rings is 1. The van der Waals surface area contributed by atoms with Crippen LogP contribution in [0.5, 0.6) is 0 Å². The Hall–Kier alpha value is -2.09. The second-order valence-electron chi connectivity index (χ2n) is 7.87. The molecule has 1 saturated carbocycles. The summed E-state index contributed by atoms with van der Waals surface area (Å²) in [5.41, 5.74) is 5.38. The van der Waals surface area contributed by atoms with Gasteiger partial charge in [0.15, 0.2) is 0 Å². The molecule has 0 radical (unpaired) electrons. The van der Waals surface area contributed by atoms with E-state index in [4.69, 9.17) is 5.73 Å². The maximum absolute atomic E-state index is 13.2. The van der Waals surface area contributed by atoms with Gasteiger partial charge in [0.05, 0.1) is 11.3 Å². The molecule has 3 atom stereocenters. The Labute approximate surface area is 156 Å². The molecule has 2 aliphatic rings. The van der Waals surface area contributed by atoms with Gasteiger partial charge in [-0.05, 0) is 24.4 Å². The minimum atomic E-state index is -4.53. The first-order chi connectivity index (χ1) is 12.7. The third kappa shape index (κ3) is 3.09. The molecule has 0 amide bonds. The lowest BCUT2D eigenvalue weighted by atomic mass is 10.1. The van der Waals surface area contributed by atoms with Gasteiger partial charge in [-0.1, -0.05) is 20.8 Å². The first-order valence-electron chi connectivity index (χ1n) is 9.35. The second kappa shape index (κ2) is 6.22. The number of hydrogen-bond donors (Lipinski definition) is 1. The van der Waals surface area contributed by atoms with Crippen molar-refractivity contribution in [1.82, 2.24) is 19.4 Å². The van der Waals surface area contributed by atoms with Crippen molar-refractivity contribution >= 4 is 5.82 Å². The zero-order chi connectivity index (χ0) is 19.5. The number of nitrogens with two attached hydrogens (primary N) is 1. The molecule has 2 aromatic heterocycles. The lowest BCUT2D eigenvalue weighted by Crippen LogP contribution is -2.25. The van der Waals surface area contributed by atoms with E-state index in [1.807, 2.05) is 6.20 Å². The van der Waals surface area contributed by atoms with Crippen LogP contribution in [0.25, 0.3) is 11.3 Å². The highest BCUT2D eigenvalue weighted by Crippen LogP contribution is 2.56. The van der Waals surface area contributed by atoms with E-state index in [1.54, 1.807) is 0 Å². The first kappa shape index (κ1) is 18.3. The molecule has 1 aliphatic heterocycles. The SMILES string of the molecule is CCN1C[C@@H]2[C@H](C1)[C@H]2n1cc(-c2cnc(N)c(C(F)(F)F)c2)nc1C(C)C. The molecule has 1 saturated heterocycles. The van der Waals surface area contributed by atoms with Crippen molar-refractivity contribution in [3.05, 3.63) is 29.8 Å². The van der Waals surface area contributed by atoms with Crippen molar-refractivity contribution in [2.24, 2.45) is 11.8 Å². The molecule has 0 aromatic carbocycles. The number of nitrogen functional groups attached to an aromatic ring is 1. The summed E-state index contributed by atoms with van der Waals surface area (Å²) in [5.74, 6) is 1.81. The number of imidazole rings is 1. The first-order valence-corrected chi connectivity index (χ1v) is 9.35. The number of nitrogens with zero attached hydrogens (tertiary/aromatic N) is 4. The van der Waals surface area contributed by atoms with Crippen molar-refractivity contribution in [1.29, 1.82) is 0 Å². The van der Waals surface area contributed by atoms with Crippen LogP contribution >= 0.6 is 0 Å². The molecule has 4 rings (SSSR count). The molecule has 3 heterocycles. The third-order valence-corrected chi connectivity index (χ3v) is 5.79. The summed E-state index contributed by atoms with van der Waals surface area (Å²) in [4.78, 5) is 10.9. The van der Waals surface area contributed by atoms with Gasteiger partial charge >= 0.3 is 6.18 Å². The average Bonchev–Trinajstić information content (AvgIpc) is 2.99. The molecule has 146 valence electrons.